The number of aryl methyl sites for hydroxylation is 1. The van der Waals surface area contributed by atoms with Gasteiger partial charge in [-0.25, -0.2) is 0 Å². The van der Waals surface area contributed by atoms with Crippen molar-refractivity contribution in [2.24, 2.45) is 0 Å². The molecule has 1 atom stereocenters. The second kappa shape index (κ2) is 12.1. The number of amides is 2. The molecule has 0 bridgehead atoms. The van der Waals surface area contributed by atoms with Crippen molar-refractivity contribution >= 4 is 23.6 Å². The maximum absolute atomic E-state index is 12.3. The van der Waals surface area contributed by atoms with Gasteiger partial charge in [-0.1, -0.05) is 24.3 Å². The number of piperazine rings is 1. The minimum absolute atomic E-state index is 0.181. The van der Waals surface area contributed by atoms with E-state index in [0.29, 0.717) is 6.54 Å². The fourth-order valence-corrected chi connectivity index (χ4v) is 3.76. The number of rotatable bonds is 9. The molecule has 2 aromatic carbocycles. The maximum Gasteiger partial charge on any atom is 0.244 e. The molecule has 3 rings (SSSR count). The molecule has 2 N–H and O–H groups in total. The van der Waals surface area contributed by atoms with E-state index in [0.717, 1.165) is 44.0 Å². The lowest BCUT2D eigenvalue weighted by Gasteiger charge is -2.36. The van der Waals surface area contributed by atoms with E-state index in [1.807, 2.05) is 24.3 Å². The van der Waals surface area contributed by atoms with Crippen LogP contribution >= 0.6 is 0 Å². The Morgan fingerprint density at radius 3 is 2.48 bits per heavy atom. The highest BCUT2D eigenvalue weighted by Gasteiger charge is 2.18. The number of hydrogen-bond donors (Lipinski definition) is 2. The monoisotopic (exact) mass is 450 g/mol. The Kier molecular flexibility index (Phi) is 8.89. The topological polar surface area (TPSA) is 73.9 Å². The minimum Gasteiger partial charge on any atom is -0.497 e. The number of methoxy groups -OCH3 is 1. The predicted molar refractivity (Wildman–Crippen MR) is 132 cm³/mol. The Balaban J connectivity index is 1.34. The largest absolute Gasteiger partial charge is 0.497 e. The predicted octanol–water partition coefficient (Wildman–Crippen LogP) is 2.46. The van der Waals surface area contributed by atoms with Gasteiger partial charge in [0.05, 0.1) is 7.11 Å². The van der Waals surface area contributed by atoms with Gasteiger partial charge >= 0.3 is 0 Å². The van der Waals surface area contributed by atoms with Gasteiger partial charge in [0.15, 0.2) is 0 Å². The number of nitrogens with zero attached hydrogens (tertiary/aromatic N) is 2. The molecule has 1 heterocycles. The number of ether oxygens (including phenoxy) is 1. The molecule has 1 fully saturated rings. The molecule has 1 saturated heterocycles. The van der Waals surface area contributed by atoms with Crippen LogP contribution in [0.2, 0.25) is 0 Å². The van der Waals surface area contributed by atoms with E-state index in [1.165, 1.54) is 17.3 Å². The SMILES string of the molecule is COc1ccc(/C=C/C(=O)NC(C)C(=O)NCCN2CCN(c3cccc(C)c3)CC2)cc1. The molecule has 2 amide bonds. The van der Waals surface area contributed by atoms with Crippen LogP contribution in [0.15, 0.2) is 54.6 Å². The average Bonchev–Trinajstić information content (AvgIpc) is 2.83. The number of carbonyl (C=O) groups is 2. The lowest BCUT2D eigenvalue weighted by Crippen LogP contribution is -2.50. The summed E-state index contributed by atoms with van der Waals surface area (Å²) in [5.74, 6) is 0.274. The average molecular weight is 451 g/mol. The van der Waals surface area contributed by atoms with Gasteiger partial charge in [-0.15, -0.1) is 0 Å². The molecule has 0 spiro atoms. The second-order valence-electron chi connectivity index (χ2n) is 8.30. The fourth-order valence-electron chi connectivity index (χ4n) is 3.76. The van der Waals surface area contributed by atoms with Gasteiger partial charge in [-0.3, -0.25) is 14.5 Å². The standard InChI is InChI=1S/C26H34N4O3/c1-20-5-4-6-23(19-20)30-17-15-29(16-18-30)14-13-27-26(32)21(2)28-25(31)12-9-22-7-10-24(33-3)11-8-22/h4-12,19,21H,13-18H2,1-3H3,(H,27,32)(H,28,31)/b12-9+. The summed E-state index contributed by atoms with van der Waals surface area (Å²) in [6.45, 7) is 9.04. The van der Waals surface area contributed by atoms with Crippen molar-refractivity contribution in [1.82, 2.24) is 15.5 Å². The first kappa shape index (κ1) is 24.3. The first-order valence-electron chi connectivity index (χ1n) is 11.4. The van der Waals surface area contributed by atoms with Crippen LogP contribution in [0.5, 0.6) is 5.75 Å². The molecular weight excluding hydrogens is 416 g/mol. The van der Waals surface area contributed by atoms with Crippen molar-refractivity contribution in [2.45, 2.75) is 19.9 Å². The van der Waals surface area contributed by atoms with Crippen molar-refractivity contribution in [3.05, 3.63) is 65.7 Å². The lowest BCUT2D eigenvalue weighted by atomic mass is 10.2. The van der Waals surface area contributed by atoms with E-state index in [4.69, 9.17) is 4.74 Å². The summed E-state index contributed by atoms with van der Waals surface area (Å²) in [6, 6.07) is 15.4. The second-order valence-corrected chi connectivity index (χ2v) is 8.30. The molecule has 2 aromatic rings. The van der Waals surface area contributed by atoms with Gasteiger partial charge < -0.3 is 20.3 Å². The smallest absolute Gasteiger partial charge is 0.244 e. The summed E-state index contributed by atoms with van der Waals surface area (Å²) in [6.07, 6.45) is 3.13. The summed E-state index contributed by atoms with van der Waals surface area (Å²) in [5.41, 5.74) is 3.43. The third-order valence-electron chi connectivity index (χ3n) is 5.76. The molecule has 33 heavy (non-hydrogen) atoms. The Hall–Kier alpha value is -3.32. The molecule has 7 heteroatoms. The highest BCUT2D eigenvalue weighted by molar-refractivity contribution is 5.95. The lowest BCUT2D eigenvalue weighted by molar-refractivity contribution is -0.126. The highest BCUT2D eigenvalue weighted by Crippen LogP contribution is 2.17. The number of hydrogen-bond acceptors (Lipinski definition) is 5. The molecule has 7 nitrogen and oxygen atoms in total. The summed E-state index contributed by atoms with van der Waals surface area (Å²) in [4.78, 5) is 29.2. The molecule has 0 saturated carbocycles. The van der Waals surface area contributed by atoms with Gasteiger partial charge in [0, 0.05) is 51.0 Å². The molecule has 1 unspecified atom stereocenters. The van der Waals surface area contributed by atoms with Crippen LogP contribution in [0.4, 0.5) is 5.69 Å². The van der Waals surface area contributed by atoms with Crippen LogP contribution in [-0.2, 0) is 9.59 Å². The molecular formula is C26H34N4O3. The van der Waals surface area contributed by atoms with Crippen molar-refractivity contribution < 1.29 is 14.3 Å². The molecule has 1 aliphatic rings. The van der Waals surface area contributed by atoms with Crippen molar-refractivity contribution in [1.29, 1.82) is 0 Å². The first-order chi connectivity index (χ1) is 15.9. The summed E-state index contributed by atoms with van der Waals surface area (Å²) >= 11 is 0. The highest BCUT2D eigenvalue weighted by atomic mass is 16.5. The van der Waals surface area contributed by atoms with E-state index in [1.54, 1.807) is 20.1 Å². The zero-order valence-electron chi connectivity index (χ0n) is 19.7. The quantitative estimate of drug-likeness (QED) is 0.574. The van der Waals surface area contributed by atoms with Crippen molar-refractivity contribution in [3.63, 3.8) is 0 Å². The van der Waals surface area contributed by atoms with E-state index >= 15 is 0 Å². The third kappa shape index (κ3) is 7.64. The molecule has 176 valence electrons. The minimum atomic E-state index is -0.601. The van der Waals surface area contributed by atoms with Crippen LogP contribution in [0, 0.1) is 6.92 Å². The Morgan fingerprint density at radius 2 is 1.82 bits per heavy atom. The van der Waals surface area contributed by atoms with E-state index in [2.05, 4.69) is 51.6 Å². The molecule has 0 radical (unpaired) electrons. The third-order valence-corrected chi connectivity index (χ3v) is 5.76. The van der Waals surface area contributed by atoms with E-state index in [9.17, 15) is 9.59 Å². The molecule has 1 aliphatic heterocycles. The zero-order valence-corrected chi connectivity index (χ0v) is 19.7. The molecule has 0 aliphatic carbocycles. The van der Waals surface area contributed by atoms with E-state index < -0.39 is 6.04 Å². The number of carbonyl (C=O) groups excluding carboxylic acids is 2. The van der Waals surface area contributed by atoms with Gasteiger partial charge in [-0.2, -0.15) is 0 Å². The first-order valence-corrected chi connectivity index (χ1v) is 11.4. The van der Waals surface area contributed by atoms with Gasteiger partial charge in [0.2, 0.25) is 11.8 Å². The number of anilines is 1. The fraction of sp³-hybridized carbons (Fsp3) is 0.385. The van der Waals surface area contributed by atoms with E-state index in [-0.39, 0.29) is 11.8 Å². The maximum atomic E-state index is 12.3. The van der Waals surface area contributed by atoms with Crippen molar-refractivity contribution in [2.75, 3.05) is 51.3 Å². The van der Waals surface area contributed by atoms with Crippen LogP contribution in [0.1, 0.15) is 18.1 Å². The van der Waals surface area contributed by atoms with Gasteiger partial charge in [0.1, 0.15) is 11.8 Å². The van der Waals surface area contributed by atoms with Crippen molar-refractivity contribution in [3.8, 4) is 5.75 Å². The van der Waals surface area contributed by atoms with Gasteiger partial charge in [0.25, 0.3) is 0 Å². The Bertz CT molecular complexity index is 950. The summed E-state index contributed by atoms with van der Waals surface area (Å²) in [5, 5.41) is 5.63. The van der Waals surface area contributed by atoms with Crippen LogP contribution < -0.4 is 20.3 Å². The van der Waals surface area contributed by atoms with Crippen LogP contribution in [0.3, 0.4) is 0 Å². The Morgan fingerprint density at radius 1 is 1.09 bits per heavy atom. The van der Waals surface area contributed by atoms with Gasteiger partial charge in [-0.05, 0) is 55.3 Å². The normalized spacial score (nSPS) is 15.3. The summed E-state index contributed by atoms with van der Waals surface area (Å²) in [7, 11) is 1.61. The summed E-state index contributed by atoms with van der Waals surface area (Å²) < 4.78 is 5.12. The Labute approximate surface area is 196 Å². The molecule has 0 aromatic heterocycles. The number of benzene rings is 2. The van der Waals surface area contributed by atoms with Crippen LogP contribution in [0.25, 0.3) is 6.08 Å². The number of nitrogens with one attached hydrogen (secondary N) is 2. The van der Waals surface area contributed by atoms with Crippen LogP contribution in [-0.4, -0.2) is 69.1 Å². The zero-order chi connectivity index (χ0) is 23.6.